The minimum Gasteiger partial charge on any atom is -0.381 e. The van der Waals surface area contributed by atoms with Crippen molar-refractivity contribution in [2.75, 3.05) is 25.1 Å². The summed E-state index contributed by atoms with van der Waals surface area (Å²) in [6, 6.07) is 3.63. The predicted molar refractivity (Wildman–Crippen MR) is 78.7 cm³/mol. The van der Waals surface area contributed by atoms with Crippen LogP contribution in [0.25, 0.3) is 0 Å². The van der Waals surface area contributed by atoms with E-state index >= 15 is 0 Å². The van der Waals surface area contributed by atoms with E-state index in [1.54, 1.807) is 0 Å². The van der Waals surface area contributed by atoms with Crippen molar-refractivity contribution >= 4 is 23.3 Å². The Morgan fingerprint density at radius 3 is 2.85 bits per heavy atom. The number of carbonyl (C=O) groups is 1. The van der Waals surface area contributed by atoms with Crippen LogP contribution in [0.15, 0.2) is 18.2 Å². The molecule has 0 heterocycles. The number of halogens is 2. The van der Waals surface area contributed by atoms with Crippen LogP contribution in [0.3, 0.4) is 0 Å². The highest BCUT2D eigenvalue weighted by atomic mass is 35.5. The van der Waals surface area contributed by atoms with Gasteiger partial charge in [-0.05, 0) is 30.5 Å². The number of ether oxygens (including phenoxy) is 1. The number of amides is 2. The summed E-state index contributed by atoms with van der Waals surface area (Å²) >= 11 is 5.63. The highest BCUT2D eigenvalue weighted by Crippen LogP contribution is 2.18. The number of nitrogens with one attached hydrogen (secondary N) is 2. The Kier molecular flexibility index (Phi) is 7.33. The summed E-state index contributed by atoms with van der Waals surface area (Å²) in [5, 5.41) is 5.34. The Hall–Kier alpha value is -1.33. The number of urea groups is 1. The van der Waals surface area contributed by atoms with Crippen molar-refractivity contribution < 1.29 is 13.9 Å². The van der Waals surface area contributed by atoms with Gasteiger partial charge in [0, 0.05) is 24.8 Å². The van der Waals surface area contributed by atoms with Crippen LogP contribution in [0.1, 0.15) is 20.3 Å². The van der Waals surface area contributed by atoms with Gasteiger partial charge in [-0.1, -0.05) is 25.4 Å². The molecule has 1 aromatic rings. The summed E-state index contributed by atoms with van der Waals surface area (Å²) in [6.45, 7) is 5.92. The highest BCUT2D eigenvalue weighted by Gasteiger charge is 2.06. The quantitative estimate of drug-likeness (QED) is 0.755. The van der Waals surface area contributed by atoms with E-state index in [1.165, 1.54) is 12.1 Å². The molecule has 0 saturated heterocycles. The maximum atomic E-state index is 13.4. The Balaban J connectivity index is 2.20. The van der Waals surface area contributed by atoms with E-state index < -0.39 is 11.8 Å². The van der Waals surface area contributed by atoms with Crippen LogP contribution in [0.5, 0.6) is 0 Å². The third kappa shape index (κ3) is 6.73. The largest absolute Gasteiger partial charge is 0.381 e. The molecular formula is C14H20ClFN2O2. The predicted octanol–water partition coefficient (Wildman–Crippen LogP) is 3.66. The zero-order valence-corrected chi connectivity index (χ0v) is 12.5. The summed E-state index contributed by atoms with van der Waals surface area (Å²) in [4.78, 5) is 11.5. The molecule has 0 aliphatic carbocycles. The van der Waals surface area contributed by atoms with Crippen molar-refractivity contribution in [2.45, 2.75) is 20.3 Å². The van der Waals surface area contributed by atoms with Gasteiger partial charge in [0.15, 0.2) is 0 Å². The normalized spacial score (nSPS) is 10.7. The molecule has 0 aliphatic rings. The molecule has 0 spiro atoms. The van der Waals surface area contributed by atoms with Crippen LogP contribution in [0.2, 0.25) is 5.02 Å². The molecule has 0 bridgehead atoms. The van der Waals surface area contributed by atoms with Crippen molar-refractivity contribution in [1.82, 2.24) is 5.32 Å². The number of carbonyl (C=O) groups excluding carboxylic acids is 1. The van der Waals surface area contributed by atoms with Gasteiger partial charge in [0.2, 0.25) is 0 Å². The van der Waals surface area contributed by atoms with Crippen LogP contribution in [-0.2, 0) is 4.74 Å². The molecule has 0 atom stereocenters. The van der Waals surface area contributed by atoms with Gasteiger partial charge < -0.3 is 15.4 Å². The summed E-state index contributed by atoms with van der Waals surface area (Å²) in [6.07, 6.45) is 0.712. The van der Waals surface area contributed by atoms with E-state index in [-0.39, 0.29) is 10.7 Å². The second kappa shape index (κ2) is 8.76. The van der Waals surface area contributed by atoms with Crippen molar-refractivity contribution in [3.8, 4) is 0 Å². The molecule has 1 rings (SSSR count). The first-order chi connectivity index (χ1) is 9.49. The number of rotatable bonds is 7. The Morgan fingerprint density at radius 2 is 2.20 bits per heavy atom. The average molecular weight is 303 g/mol. The van der Waals surface area contributed by atoms with Gasteiger partial charge in [-0.3, -0.25) is 0 Å². The summed E-state index contributed by atoms with van der Waals surface area (Å²) in [7, 11) is 0. The lowest BCUT2D eigenvalue weighted by Gasteiger charge is -2.09. The minimum atomic E-state index is -0.562. The molecule has 0 unspecified atom stereocenters. The van der Waals surface area contributed by atoms with Crippen LogP contribution in [0.4, 0.5) is 14.9 Å². The molecule has 112 valence electrons. The van der Waals surface area contributed by atoms with Gasteiger partial charge >= 0.3 is 6.03 Å². The van der Waals surface area contributed by atoms with Gasteiger partial charge in [-0.2, -0.15) is 0 Å². The van der Waals surface area contributed by atoms with E-state index in [2.05, 4.69) is 24.5 Å². The Labute approximate surface area is 123 Å². The number of benzene rings is 1. The summed E-state index contributed by atoms with van der Waals surface area (Å²) in [5.41, 5.74) is 0.1000. The zero-order chi connectivity index (χ0) is 15.0. The average Bonchev–Trinajstić information content (AvgIpc) is 2.36. The van der Waals surface area contributed by atoms with Crippen molar-refractivity contribution in [3.63, 3.8) is 0 Å². The Morgan fingerprint density at radius 1 is 1.45 bits per heavy atom. The third-order valence-corrected chi connectivity index (χ3v) is 2.62. The molecular weight excluding hydrogens is 283 g/mol. The fourth-order valence-electron chi connectivity index (χ4n) is 1.45. The second-order valence-electron chi connectivity index (χ2n) is 4.83. The van der Waals surface area contributed by atoms with Crippen LogP contribution >= 0.6 is 11.6 Å². The smallest absolute Gasteiger partial charge is 0.319 e. The zero-order valence-electron chi connectivity index (χ0n) is 11.7. The second-order valence-corrected chi connectivity index (χ2v) is 5.26. The Bertz CT molecular complexity index is 441. The van der Waals surface area contributed by atoms with E-state index in [0.29, 0.717) is 32.1 Å². The van der Waals surface area contributed by atoms with Crippen LogP contribution in [-0.4, -0.2) is 25.8 Å². The molecule has 0 saturated carbocycles. The fourth-order valence-corrected chi connectivity index (χ4v) is 1.61. The van der Waals surface area contributed by atoms with E-state index in [9.17, 15) is 9.18 Å². The summed E-state index contributed by atoms with van der Waals surface area (Å²) < 4.78 is 18.8. The molecule has 4 nitrogen and oxygen atoms in total. The topological polar surface area (TPSA) is 50.4 Å². The lowest BCUT2D eigenvalue weighted by molar-refractivity contribution is 0.108. The molecule has 1 aromatic carbocycles. The standard InChI is InChI=1S/C14H20ClFN2O2/c1-10(2)9-20-7-3-6-17-14(19)18-13-5-4-11(15)8-12(13)16/h4-5,8,10H,3,6-7,9H2,1-2H3,(H2,17,18,19). The number of hydrogen-bond donors (Lipinski definition) is 2. The monoisotopic (exact) mass is 302 g/mol. The fraction of sp³-hybridized carbons (Fsp3) is 0.500. The van der Waals surface area contributed by atoms with Gasteiger partial charge in [-0.25, -0.2) is 9.18 Å². The molecule has 6 heteroatoms. The molecule has 0 fully saturated rings. The third-order valence-electron chi connectivity index (χ3n) is 2.38. The first kappa shape index (κ1) is 16.7. The van der Waals surface area contributed by atoms with Crippen LogP contribution in [0, 0.1) is 11.7 Å². The SMILES string of the molecule is CC(C)COCCCNC(=O)Nc1ccc(Cl)cc1F. The number of hydrogen-bond acceptors (Lipinski definition) is 2. The molecule has 2 amide bonds. The molecule has 0 radical (unpaired) electrons. The van der Waals surface area contributed by atoms with Gasteiger partial charge in [0.05, 0.1) is 5.69 Å². The number of anilines is 1. The first-order valence-corrected chi connectivity index (χ1v) is 6.94. The lowest BCUT2D eigenvalue weighted by atomic mass is 10.2. The minimum absolute atomic E-state index is 0.1000. The molecule has 2 N–H and O–H groups in total. The maximum Gasteiger partial charge on any atom is 0.319 e. The van der Waals surface area contributed by atoms with Gasteiger partial charge in [0.1, 0.15) is 5.82 Å². The van der Waals surface area contributed by atoms with Crippen LogP contribution < -0.4 is 10.6 Å². The molecule has 20 heavy (non-hydrogen) atoms. The highest BCUT2D eigenvalue weighted by molar-refractivity contribution is 6.30. The maximum absolute atomic E-state index is 13.4. The molecule has 0 aliphatic heterocycles. The molecule has 0 aromatic heterocycles. The van der Waals surface area contributed by atoms with Crippen molar-refractivity contribution in [2.24, 2.45) is 5.92 Å². The lowest BCUT2D eigenvalue weighted by Crippen LogP contribution is -2.30. The van der Waals surface area contributed by atoms with Crippen molar-refractivity contribution in [1.29, 1.82) is 0 Å². The van der Waals surface area contributed by atoms with Gasteiger partial charge in [0.25, 0.3) is 0 Å². The summed E-state index contributed by atoms with van der Waals surface area (Å²) in [5.74, 6) is -0.0629. The van der Waals surface area contributed by atoms with Gasteiger partial charge in [-0.15, -0.1) is 0 Å². The first-order valence-electron chi connectivity index (χ1n) is 6.56. The van der Waals surface area contributed by atoms with E-state index in [1.807, 2.05) is 0 Å². The van der Waals surface area contributed by atoms with E-state index in [0.717, 1.165) is 6.07 Å². The van der Waals surface area contributed by atoms with E-state index in [4.69, 9.17) is 16.3 Å². The van der Waals surface area contributed by atoms with Crippen molar-refractivity contribution in [3.05, 3.63) is 29.0 Å².